The van der Waals surface area contributed by atoms with Gasteiger partial charge in [0.1, 0.15) is 5.75 Å². The number of benzene rings is 2. The molecule has 1 amide bonds. The lowest BCUT2D eigenvalue weighted by atomic mass is 10.0. The molecule has 0 saturated carbocycles. The standard InChI is InChI=1S/C19H21NO2/c1-13(15-11-10-14-6-5-7-16(14)12-15)20-19(21)17-8-3-4-9-18(17)22-2/h3-4,8-13H,5-7H2,1-2H3,(H,20,21)/t13-/m0/s1. The van der Waals surface area contributed by atoms with Crippen LogP contribution in [0.4, 0.5) is 0 Å². The molecule has 1 aliphatic rings. The fourth-order valence-electron chi connectivity index (χ4n) is 3.05. The minimum absolute atomic E-state index is 0.0247. The number of fused-ring (bicyclic) bond motifs is 1. The van der Waals surface area contributed by atoms with Crippen LogP contribution in [-0.4, -0.2) is 13.0 Å². The van der Waals surface area contributed by atoms with E-state index in [1.54, 1.807) is 19.2 Å². The van der Waals surface area contributed by atoms with E-state index in [1.165, 1.54) is 24.0 Å². The maximum Gasteiger partial charge on any atom is 0.255 e. The SMILES string of the molecule is COc1ccccc1C(=O)N[C@@H](C)c1ccc2c(c1)CCC2. The van der Waals surface area contributed by atoms with Crippen molar-refractivity contribution in [2.24, 2.45) is 0 Å². The highest BCUT2D eigenvalue weighted by atomic mass is 16.5. The molecule has 3 rings (SSSR count). The average molecular weight is 295 g/mol. The smallest absolute Gasteiger partial charge is 0.255 e. The molecule has 2 aromatic rings. The van der Waals surface area contributed by atoms with Crippen LogP contribution in [0.25, 0.3) is 0 Å². The van der Waals surface area contributed by atoms with Crippen LogP contribution in [0.15, 0.2) is 42.5 Å². The van der Waals surface area contributed by atoms with Crippen molar-refractivity contribution in [3.8, 4) is 5.75 Å². The quantitative estimate of drug-likeness (QED) is 0.934. The second-order valence-corrected chi connectivity index (χ2v) is 5.78. The van der Waals surface area contributed by atoms with Crippen molar-refractivity contribution in [3.63, 3.8) is 0 Å². The number of aryl methyl sites for hydroxylation is 2. The highest BCUT2D eigenvalue weighted by molar-refractivity contribution is 5.97. The van der Waals surface area contributed by atoms with Gasteiger partial charge in [-0.15, -0.1) is 0 Å². The third kappa shape index (κ3) is 2.84. The maximum absolute atomic E-state index is 12.5. The first-order valence-electron chi connectivity index (χ1n) is 7.74. The predicted molar refractivity (Wildman–Crippen MR) is 87.3 cm³/mol. The minimum atomic E-state index is -0.106. The Morgan fingerprint density at radius 3 is 2.73 bits per heavy atom. The van der Waals surface area contributed by atoms with E-state index in [1.807, 2.05) is 19.1 Å². The number of amides is 1. The second-order valence-electron chi connectivity index (χ2n) is 5.78. The van der Waals surface area contributed by atoms with Gasteiger partial charge in [-0.1, -0.05) is 30.3 Å². The predicted octanol–water partition coefficient (Wildman–Crippen LogP) is 3.67. The highest BCUT2D eigenvalue weighted by Crippen LogP contribution is 2.26. The Morgan fingerprint density at radius 1 is 1.14 bits per heavy atom. The molecule has 1 N–H and O–H groups in total. The molecule has 114 valence electrons. The Labute approximate surface area is 131 Å². The van der Waals surface area contributed by atoms with Crippen LogP contribution in [0.1, 0.15) is 46.4 Å². The number of methoxy groups -OCH3 is 1. The molecule has 3 heteroatoms. The molecule has 0 fully saturated rings. The van der Waals surface area contributed by atoms with Crippen LogP contribution in [0, 0.1) is 0 Å². The van der Waals surface area contributed by atoms with E-state index in [-0.39, 0.29) is 11.9 Å². The summed E-state index contributed by atoms with van der Waals surface area (Å²) in [4.78, 5) is 12.5. The first-order chi connectivity index (χ1) is 10.7. The summed E-state index contributed by atoms with van der Waals surface area (Å²) in [6, 6.07) is 13.8. The van der Waals surface area contributed by atoms with Crippen LogP contribution in [0.5, 0.6) is 5.75 Å². The van der Waals surface area contributed by atoms with Gasteiger partial charge < -0.3 is 10.1 Å². The van der Waals surface area contributed by atoms with E-state index in [2.05, 4.69) is 23.5 Å². The summed E-state index contributed by atoms with van der Waals surface area (Å²) in [5.41, 5.74) is 4.60. The van der Waals surface area contributed by atoms with Gasteiger partial charge in [-0.25, -0.2) is 0 Å². The molecule has 0 saturated heterocycles. The normalized spacial score (nSPS) is 14.3. The molecule has 22 heavy (non-hydrogen) atoms. The van der Waals surface area contributed by atoms with Gasteiger partial charge in [-0.05, 0) is 55.0 Å². The summed E-state index contributed by atoms with van der Waals surface area (Å²) in [6.07, 6.45) is 3.56. The van der Waals surface area contributed by atoms with Gasteiger partial charge in [0.2, 0.25) is 0 Å². The Morgan fingerprint density at radius 2 is 1.91 bits per heavy atom. The molecule has 0 unspecified atom stereocenters. The lowest BCUT2D eigenvalue weighted by Gasteiger charge is -2.16. The molecule has 1 atom stereocenters. The zero-order valence-corrected chi connectivity index (χ0v) is 13.1. The Bertz CT molecular complexity index is 694. The highest BCUT2D eigenvalue weighted by Gasteiger charge is 2.17. The Kier molecular flexibility index (Phi) is 4.14. The van der Waals surface area contributed by atoms with Gasteiger partial charge in [0.25, 0.3) is 5.91 Å². The molecule has 0 spiro atoms. The van der Waals surface area contributed by atoms with E-state index in [9.17, 15) is 4.79 Å². The minimum Gasteiger partial charge on any atom is -0.496 e. The van der Waals surface area contributed by atoms with Crippen molar-refractivity contribution in [2.45, 2.75) is 32.2 Å². The monoisotopic (exact) mass is 295 g/mol. The molecule has 1 aliphatic carbocycles. The average Bonchev–Trinajstić information content (AvgIpc) is 3.02. The summed E-state index contributed by atoms with van der Waals surface area (Å²) >= 11 is 0. The maximum atomic E-state index is 12.5. The van der Waals surface area contributed by atoms with Crippen molar-refractivity contribution in [3.05, 3.63) is 64.7 Å². The van der Waals surface area contributed by atoms with Crippen molar-refractivity contribution >= 4 is 5.91 Å². The first kappa shape index (κ1) is 14.6. The van der Waals surface area contributed by atoms with Crippen LogP contribution < -0.4 is 10.1 Å². The number of hydrogen-bond acceptors (Lipinski definition) is 2. The number of carbonyl (C=O) groups excluding carboxylic acids is 1. The fraction of sp³-hybridized carbons (Fsp3) is 0.316. The molecule has 0 heterocycles. The van der Waals surface area contributed by atoms with Gasteiger partial charge in [-0.3, -0.25) is 4.79 Å². The Hall–Kier alpha value is -2.29. The third-order valence-corrected chi connectivity index (χ3v) is 4.32. The molecular formula is C19H21NO2. The Balaban J connectivity index is 1.76. The lowest BCUT2D eigenvalue weighted by Crippen LogP contribution is -2.27. The molecule has 0 bridgehead atoms. The molecular weight excluding hydrogens is 274 g/mol. The summed E-state index contributed by atoms with van der Waals surface area (Å²) in [5, 5.41) is 3.06. The van der Waals surface area contributed by atoms with E-state index in [4.69, 9.17) is 4.74 Å². The zero-order chi connectivity index (χ0) is 15.5. The largest absolute Gasteiger partial charge is 0.496 e. The van der Waals surface area contributed by atoms with Gasteiger partial charge >= 0.3 is 0 Å². The van der Waals surface area contributed by atoms with E-state index < -0.39 is 0 Å². The first-order valence-corrected chi connectivity index (χ1v) is 7.74. The molecule has 3 nitrogen and oxygen atoms in total. The van der Waals surface area contributed by atoms with E-state index >= 15 is 0 Å². The topological polar surface area (TPSA) is 38.3 Å². The van der Waals surface area contributed by atoms with Crippen LogP contribution in [-0.2, 0) is 12.8 Å². The van der Waals surface area contributed by atoms with Gasteiger partial charge in [0.05, 0.1) is 18.7 Å². The molecule has 0 aromatic heterocycles. The van der Waals surface area contributed by atoms with Crippen molar-refractivity contribution in [2.75, 3.05) is 7.11 Å². The molecule has 2 aromatic carbocycles. The van der Waals surface area contributed by atoms with Gasteiger partial charge in [-0.2, -0.15) is 0 Å². The summed E-state index contributed by atoms with van der Waals surface area (Å²) in [6.45, 7) is 2.02. The van der Waals surface area contributed by atoms with Gasteiger partial charge in [0, 0.05) is 0 Å². The lowest BCUT2D eigenvalue weighted by molar-refractivity contribution is 0.0937. The summed E-state index contributed by atoms with van der Waals surface area (Å²) in [7, 11) is 1.58. The number of nitrogens with one attached hydrogen (secondary N) is 1. The zero-order valence-electron chi connectivity index (χ0n) is 13.1. The van der Waals surface area contributed by atoms with E-state index in [0.29, 0.717) is 11.3 Å². The number of para-hydroxylation sites is 1. The van der Waals surface area contributed by atoms with Crippen LogP contribution in [0.2, 0.25) is 0 Å². The van der Waals surface area contributed by atoms with Crippen molar-refractivity contribution < 1.29 is 9.53 Å². The summed E-state index contributed by atoms with van der Waals surface area (Å²) < 4.78 is 5.25. The van der Waals surface area contributed by atoms with E-state index in [0.717, 1.165) is 12.0 Å². The second kappa shape index (κ2) is 6.22. The molecule has 0 aliphatic heterocycles. The number of hydrogen-bond donors (Lipinski definition) is 1. The van der Waals surface area contributed by atoms with Crippen LogP contribution in [0.3, 0.4) is 0 Å². The molecule has 0 radical (unpaired) electrons. The summed E-state index contributed by atoms with van der Waals surface area (Å²) in [5.74, 6) is 0.492. The number of ether oxygens (including phenoxy) is 1. The number of rotatable bonds is 4. The number of carbonyl (C=O) groups is 1. The van der Waals surface area contributed by atoms with Crippen molar-refractivity contribution in [1.82, 2.24) is 5.32 Å². The van der Waals surface area contributed by atoms with Crippen molar-refractivity contribution in [1.29, 1.82) is 0 Å². The van der Waals surface area contributed by atoms with Gasteiger partial charge in [0.15, 0.2) is 0 Å². The van der Waals surface area contributed by atoms with Crippen LogP contribution >= 0.6 is 0 Å². The third-order valence-electron chi connectivity index (χ3n) is 4.32. The fourth-order valence-corrected chi connectivity index (χ4v) is 3.05.